The Morgan fingerprint density at radius 2 is 2.21 bits per heavy atom. The molecule has 1 aromatic heterocycles. The molecule has 74 valence electrons. The molecule has 0 aliphatic carbocycles. The maximum atomic E-state index is 12.1. The summed E-state index contributed by atoms with van der Waals surface area (Å²) >= 11 is 0. The van der Waals surface area contributed by atoms with E-state index in [0.29, 0.717) is 0 Å². The van der Waals surface area contributed by atoms with Gasteiger partial charge in [0.1, 0.15) is 23.9 Å². The van der Waals surface area contributed by atoms with Crippen molar-refractivity contribution in [2.45, 2.75) is 19.4 Å². The summed E-state index contributed by atoms with van der Waals surface area (Å²) in [5.41, 5.74) is 0.143. The van der Waals surface area contributed by atoms with Crippen LogP contribution < -0.4 is 5.32 Å². The van der Waals surface area contributed by atoms with E-state index in [1.165, 1.54) is 13.0 Å². The molecule has 1 unspecified atom stereocenters. The maximum absolute atomic E-state index is 12.1. The third kappa shape index (κ3) is 2.62. The minimum absolute atomic E-state index is 0.143. The molecule has 6 heteroatoms. The Hall–Kier alpha value is -1.77. The summed E-state index contributed by atoms with van der Waals surface area (Å²) in [6, 6.07) is 2.11. The van der Waals surface area contributed by atoms with Crippen LogP contribution in [0.3, 0.4) is 0 Å². The molecule has 0 spiro atoms. The first-order chi connectivity index (χ1) is 6.63. The van der Waals surface area contributed by atoms with Gasteiger partial charge in [0, 0.05) is 6.07 Å². The van der Waals surface area contributed by atoms with Crippen molar-refractivity contribution in [3.63, 3.8) is 0 Å². The summed E-state index contributed by atoms with van der Waals surface area (Å²) in [7, 11) is 0. The Morgan fingerprint density at radius 1 is 1.50 bits per heavy atom. The van der Waals surface area contributed by atoms with Crippen LogP contribution in [0.4, 0.5) is 14.6 Å². The zero-order valence-corrected chi connectivity index (χ0v) is 7.41. The molecule has 0 fully saturated rings. The van der Waals surface area contributed by atoms with Gasteiger partial charge in [-0.25, -0.2) is 18.7 Å². The Morgan fingerprint density at radius 3 is 2.79 bits per heavy atom. The second kappa shape index (κ2) is 4.46. The number of nitriles is 1. The lowest BCUT2D eigenvalue weighted by atomic mass is 10.3. The Balaban J connectivity index is 2.73. The molecule has 1 atom stereocenters. The number of rotatable bonds is 3. The molecule has 0 aliphatic heterocycles. The van der Waals surface area contributed by atoms with E-state index in [9.17, 15) is 8.78 Å². The fourth-order valence-electron chi connectivity index (χ4n) is 0.794. The van der Waals surface area contributed by atoms with Crippen LogP contribution in [-0.4, -0.2) is 22.4 Å². The van der Waals surface area contributed by atoms with Crippen LogP contribution in [-0.2, 0) is 0 Å². The summed E-state index contributed by atoms with van der Waals surface area (Å²) < 4.78 is 24.3. The fraction of sp³-hybridized carbons (Fsp3) is 0.375. The number of nitrogens with one attached hydrogen (secondary N) is 1. The normalized spacial score (nSPS) is 12.2. The van der Waals surface area contributed by atoms with Crippen molar-refractivity contribution in [1.82, 2.24) is 9.97 Å². The van der Waals surface area contributed by atoms with E-state index < -0.39 is 12.5 Å². The van der Waals surface area contributed by atoms with Crippen LogP contribution >= 0.6 is 0 Å². The van der Waals surface area contributed by atoms with Gasteiger partial charge >= 0.3 is 0 Å². The van der Waals surface area contributed by atoms with Crippen molar-refractivity contribution < 1.29 is 8.78 Å². The molecule has 0 radical (unpaired) electrons. The fourth-order valence-corrected chi connectivity index (χ4v) is 0.794. The van der Waals surface area contributed by atoms with Gasteiger partial charge in [-0.05, 0) is 6.92 Å². The largest absolute Gasteiger partial charge is 0.362 e. The Bertz CT molecular complexity index is 347. The van der Waals surface area contributed by atoms with Gasteiger partial charge in [0.25, 0.3) is 6.43 Å². The molecule has 4 nitrogen and oxygen atoms in total. The van der Waals surface area contributed by atoms with E-state index in [-0.39, 0.29) is 11.5 Å². The van der Waals surface area contributed by atoms with Gasteiger partial charge in [-0.15, -0.1) is 0 Å². The van der Waals surface area contributed by atoms with E-state index in [1.54, 1.807) is 6.07 Å². The van der Waals surface area contributed by atoms with Crippen molar-refractivity contribution in [1.29, 1.82) is 5.26 Å². The third-order valence-corrected chi connectivity index (χ3v) is 1.54. The summed E-state index contributed by atoms with van der Waals surface area (Å²) in [6.45, 7) is 1.33. The highest BCUT2D eigenvalue weighted by Crippen LogP contribution is 2.09. The minimum atomic E-state index is -2.48. The third-order valence-electron chi connectivity index (χ3n) is 1.54. The van der Waals surface area contributed by atoms with Gasteiger partial charge in [0.15, 0.2) is 0 Å². The SMILES string of the molecule is CC(Nc1cc(C#N)ncn1)C(F)F. The topological polar surface area (TPSA) is 61.6 Å². The molecule has 1 aromatic rings. The van der Waals surface area contributed by atoms with Gasteiger partial charge in [-0.2, -0.15) is 5.26 Å². The molecule has 0 aromatic carbocycles. The van der Waals surface area contributed by atoms with Gasteiger partial charge < -0.3 is 5.32 Å². The summed E-state index contributed by atoms with van der Waals surface area (Å²) in [5.74, 6) is 0.226. The Kier molecular flexibility index (Phi) is 3.29. The van der Waals surface area contributed by atoms with Gasteiger partial charge in [0.05, 0.1) is 6.04 Å². The molecule has 1 rings (SSSR count). The number of aromatic nitrogens is 2. The number of alkyl halides is 2. The highest BCUT2D eigenvalue weighted by molar-refractivity contribution is 5.39. The van der Waals surface area contributed by atoms with Crippen LogP contribution in [0.2, 0.25) is 0 Å². The molecular formula is C8H8F2N4. The molecular weight excluding hydrogens is 190 g/mol. The molecule has 1 N–H and O–H groups in total. The molecule has 14 heavy (non-hydrogen) atoms. The van der Waals surface area contributed by atoms with Crippen molar-refractivity contribution >= 4 is 5.82 Å². The lowest BCUT2D eigenvalue weighted by molar-refractivity contribution is 0.130. The van der Waals surface area contributed by atoms with Gasteiger partial charge in [0.2, 0.25) is 0 Å². The molecule has 0 saturated carbocycles. The van der Waals surface area contributed by atoms with Crippen molar-refractivity contribution in [3.8, 4) is 6.07 Å². The van der Waals surface area contributed by atoms with Crippen LogP contribution in [0.5, 0.6) is 0 Å². The number of anilines is 1. The van der Waals surface area contributed by atoms with E-state index in [1.807, 2.05) is 0 Å². The smallest absolute Gasteiger partial charge is 0.258 e. The second-order valence-corrected chi connectivity index (χ2v) is 2.67. The minimum Gasteiger partial charge on any atom is -0.362 e. The van der Waals surface area contributed by atoms with E-state index >= 15 is 0 Å². The van der Waals surface area contributed by atoms with Crippen molar-refractivity contribution in [3.05, 3.63) is 18.1 Å². The zero-order valence-electron chi connectivity index (χ0n) is 7.41. The zero-order chi connectivity index (χ0) is 10.6. The van der Waals surface area contributed by atoms with Crippen LogP contribution in [0.25, 0.3) is 0 Å². The molecule has 0 saturated heterocycles. The Labute approximate surface area is 79.6 Å². The lowest BCUT2D eigenvalue weighted by Crippen LogP contribution is -2.24. The molecule has 0 aliphatic rings. The van der Waals surface area contributed by atoms with E-state index in [4.69, 9.17) is 5.26 Å². The number of nitrogens with zero attached hydrogens (tertiary/aromatic N) is 3. The van der Waals surface area contributed by atoms with Crippen LogP contribution in [0.1, 0.15) is 12.6 Å². The predicted octanol–water partition coefficient (Wildman–Crippen LogP) is 1.41. The first-order valence-corrected chi connectivity index (χ1v) is 3.90. The monoisotopic (exact) mass is 198 g/mol. The van der Waals surface area contributed by atoms with Crippen molar-refractivity contribution in [2.24, 2.45) is 0 Å². The van der Waals surface area contributed by atoms with Gasteiger partial charge in [-0.1, -0.05) is 0 Å². The summed E-state index contributed by atoms with van der Waals surface area (Å²) in [4.78, 5) is 7.31. The van der Waals surface area contributed by atoms with E-state index in [0.717, 1.165) is 6.33 Å². The maximum Gasteiger partial charge on any atom is 0.258 e. The summed E-state index contributed by atoms with van der Waals surface area (Å²) in [5, 5.41) is 11.0. The molecule has 1 heterocycles. The number of halogens is 2. The van der Waals surface area contributed by atoms with Crippen LogP contribution in [0.15, 0.2) is 12.4 Å². The first-order valence-electron chi connectivity index (χ1n) is 3.90. The van der Waals surface area contributed by atoms with Gasteiger partial charge in [-0.3, -0.25) is 0 Å². The average molecular weight is 198 g/mol. The van der Waals surface area contributed by atoms with Crippen LogP contribution in [0, 0.1) is 11.3 Å². The predicted molar refractivity (Wildman–Crippen MR) is 45.8 cm³/mol. The second-order valence-electron chi connectivity index (χ2n) is 2.67. The highest BCUT2D eigenvalue weighted by Gasteiger charge is 2.14. The number of hydrogen-bond donors (Lipinski definition) is 1. The molecule has 0 bridgehead atoms. The number of hydrogen-bond acceptors (Lipinski definition) is 4. The average Bonchev–Trinajstić information content (AvgIpc) is 2.18. The standard InChI is InChI=1S/C8H8F2N4/c1-5(8(9)10)14-7-2-6(3-11)12-4-13-7/h2,4-5,8H,1H3,(H,12,13,14). The van der Waals surface area contributed by atoms with E-state index in [2.05, 4.69) is 15.3 Å². The quantitative estimate of drug-likeness (QED) is 0.797. The molecule has 0 amide bonds. The van der Waals surface area contributed by atoms with Crippen molar-refractivity contribution in [2.75, 3.05) is 5.32 Å². The summed E-state index contributed by atoms with van der Waals surface area (Å²) in [6.07, 6.45) is -1.32. The first kappa shape index (κ1) is 10.3. The highest BCUT2D eigenvalue weighted by atomic mass is 19.3. The lowest BCUT2D eigenvalue weighted by Gasteiger charge is -2.12.